The summed E-state index contributed by atoms with van der Waals surface area (Å²) in [6.45, 7) is 8.41. The minimum absolute atomic E-state index is 0. The summed E-state index contributed by atoms with van der Waals surface area (Å²) in [5.41, 5.74) is 3.65. The van der Waals surface area contributed by atoms with Gasteiger partial charge in [-0.2, -0.15) is 0 Å². The molecule has 4 rings (SSSR count). The van der Waals surface area contributed by atoms with Crippen LogP contribution in [0.1, 0.15) is 54.9 Å². The number of benzene rings is 2. The van der Waals surface area contributed by atoms with Crippen LogP contribution < -0.4 is 10.1 Å². The first-order valence-electron chi connectivity index (χ1n) is 9.72. The number of nitrogens with zero attached hydrogens (tertiary/aromatic N) is 1. The van der Waals surface area contributed by atoms with Gasteiger partial charge in [0, 0.05) is 35.4 Å². The lowest BCUT2D eigenvalue weighted by atomic mass is 9.77. The largest absolute Gasteiger partial charge is 0.508 e. The molecule has 0 amide bonds. The lowest BCUT2D eigenvalue weighted by Crippen LogP contribution is -2.57. The van der Waals surface area contributed by atoms with Crippen LogP contribution in [0.25, 0.3) is 0 Å². The number of aliphatic imine (C=N–C) groups is 1. The monoisotopic (exact) mass is 524 g/mol. The average Bonchev–Trinajstić information content (AvgIpc) is 2.64. The van der Waals surface area contributed by atoms with Gasteiger partial charge in [-0.3, -0.25) is 0 Å². The van der Waals surface area contributed by atoms with Crippen molar-refractivity contribution in [3.05, 3.63) is 58.7 Å². The molecular weight excluding hydrogens is 495 g/mol. The van der Waals surface area contributed by atoms with Crippen molar-refractivity contribution in [2.75, 3.05) is 6.26 Å². The summed E-state index contributed by atoms with van der Waals surface area (Å²) in [6.07, 6.45) is 3.58. The van der Waals surface area contributed by atoms with Crippen molar-refractivity contribution in [3.8, 4) is 11.5 Å². The Morgan fingerprint density at radius 2 is 1.83 bits per heavy atom. The molecule has 0 saturated heterocycles. The Balaban J connectivity index is 0.00000240. The normalized spacial score (nSPS) is 24.6. The minimum Gasteiger partial charge on any atom is -0.508 e. The van der Waals surface area contributed by atoms with E-state index in [2.05, 4.69) is 50.4 Å². The van der Waals surface area contributed by atoms with Crippen molar-refractivity contribution in [2.24, 2.45) is 4.99 Å². The van der Waals surface area contributed by atoms with Crippen molar-refractivity contribution in [1.82, 2.24) is 5.32 Å². The highest BCUT2D eigenvalue weighted by molar-refractivity contribution is 14.0. The zero-order chi connectivity index (χ0) is 20.1. The quantitative estimate of drug-likeness (QED) is 0.468. The number of rotatable bonds is 1. The van der Waals surface area contributed by atoms with Crippen LogP contribution in [-0.4, -0.2) is 27.8 Å². The molecule has 0 fully saturated rings. The summed E-state index contributed by atoms with van der Waals surface area (Å²) in [4.78, 5) is 5.01. The fraction of sp³-hybridized carbons (Fsp3) is 0.435. The molecule has 1 spiro atoms. The number of thioether (sulfide) groups is 1. The van der Waals surface area contributed by atoms with Crippen LogP contribution >= 0.6 is 35.7 Å². The molecule has 6 heteroatoms. The van der Waals surface area contributed by atoms with Gasteiger partial charge in [0.25, 0.3) is 0 Å². The highest BCUT2D eigenvalue weighted by Crippen LogP contribution is 2.51. The number of fused-ring (bicyclic) bond motifs is 1. The van der Waals surface area contributed by atoms with Crippen molar-refractivity contribution in [3.63, 3.8) is 0 Å². The molecule has 0 bridgehead atoms. The van der Waals surface area contributed by atoms with Gasteiger partial charge >= 0.3 is 0 Å². The molecule has 2 N–H and O–H groups in total. The standard InChI is InChI=1S/C23H28N2O2S.HI/c1-14-6-8-16(9-7-14)18-12-23(13-22(3,4)24-21(25-23)28-5)27-20-15(2)19(26)11-10-17(18)20;/h6-11,18,26H,12-13H2,1-5H3,(H,24,25);1H. The second kappa shape index (κ2) is 8.02. The Bertz CT molecular complexity index is 943. The average molecular weight is 524 g/mol. The number of amidine groups is 1. The van der Waals surface area contributed by atoms with Crippen LogP contribution in [0, 0.1) is 13.8 Å². The van der Waals surface area contributed by atoms with E-state index < -0.39 is 5.72 Å². The molecule has 0 aromatic heterocycles. The van der Waals surface area contributed by atoms with Crippen LogP contribution in [0.2, 0.25) is 0 Å². The lowest BCUT2D eigenvalue weighted by Gasteiger charge is -2.47. The Morgan fingerprint density at radius 1 is 1.14 bits per heavy atom. The number of phenolic OH excluding ortho intramolecular Hbond substituents is 1. The van der Waals surface area contributed by atoms with Gasteiger partial charge in [-0.15, -0.1) is 24.0 Å². The summed E-state index contributed by atoms with van der Waals surface area (Å²) in [5, 5.41) is 14.7. The number of halogens is 1. The molecule has 0 saturated carbocycles. The summed E-state index contributed by atoms with van der Waals surface area (Å²) in [7, 11) is 0. The fourth-order valence-corrected chi connectivity index (χ4v) is 5.06. The Hall–Kier alpha value is -1.41. The first kappa shape index (κ1) is 22.3. The van der Waals surface area contributed by atoms with Crippen LogP contribution in [0.3, 0.4) is 0 Å². The second-order valence-electron chi connectivity index (χ2n) is 8.65. The molecule has 0 aliphatic carbocycles. The van der Waals surface area contributed by atoms with Crippen molar-refractivity contribution < 1.29 is 9.84 Å². The number of ether oxygens (including phenoxy) is 1. The molecule has 2 unspecified atom stereocenters. The fourth-order valence-electron chi connectivity index (χ4n) is 4.42. The van der Waals surface area contributed by atoms with E-state index in [1.54, 1.807) is 17.8 Å². The third-order valence-corrected chi connectivity index (χ3v) is 6.32. The van der Waals surface area contributed by atoms with Crippen molar-refractivity contribution in [2.45, 2.75) is 57.7 Å². The molecule has 2 atom stereocenters. The highest BCUT2D eigenvalue weighted by Gasteiger charge is 2.48. The van der Waals surface area contributed by atoms with Gasteiger partial charge in [0.1, 0.15) is 11.5 Å². The third-order valence-electron chi connectivity index (χ3n) is 5.74. The molecule has 156 valence electrons. The summed E-state index contributed by atoms with van der Waals surface area (Å²) < 4.78 is 6.61. The van der Waals surface area contributed by atoms with E-state index in [0.29, 0.717) is 0 Å². The molecule has 2 heterocycles. The van der Waals surface area contributed by atoms with E-state index in [1.165, 1.54) is 11.1 Å². The van der Waals surface area contributed by atoms with Crippen molar-refractivity contribution >= 4 is 40.9 Å². The number of aryl methyl sites for hydroxylation is 1. The number of nitrogens with one attached hydrogen (secondary N) is 1. The maximum Gasteiger partial charge on any atom is 0.206 e. The Morgan fingerprint density at radius 3 is 2.48 bits per heavy atom. The zero-order valence-corrected chi connectivity index (χ0v) is 20.7. The lowest BCUT2D eigenvalue weighted by molar-refractivity contribution is 0.0126. The number of hydrogen-bond acceptors (Lipinski definition) is 5. The first-order valence-corrected chi connectivity index (χ1v) is 10.9. The van der Waals surface area contributed by atoms with Crippen LogP contribution in [-0.2, 0) is 0 Å². The number of aromatic hydroxyl groups is 1. The molecule has 4 nitrogen and oxygen atoms in total. The number of phenols is 1. The maximum atomic E-state index is 10.3. The van der Waals surface area contributed by atoms with Crippen LogP contribution in [0.5, 0.6) is 11.5 Å². The predicted molar refractivity (Wildman–Crippen MR) is 132 cm³/mol. The molecule has 2 aliphatic heterocycles. The summed E-state index contributed by atoms with van der Waals surface area (Å²) in [5.74, 6) is 1.21. The molecule has 29 heavy (non-hydrogen) atoms. The van der Waals surface area contributed by atoms with Gasteiger partial charge in [-0.25, -0.2) is 4.99 Å². The highest BCUT2D eigenvalue weighted by atomic mass is 127. The smallest absolute Gasteiger partial charge is 0.206 e. The number of hydrogen-bond donors (Lipinski definition) is 2. The van der Waals surface area contributed by atoms with Crippen LogP contribution in [0.4, 0.5) is 0 Å². The van der Waals surface area contributed by atoms with Gasteiger partial charge in [0.15, 0.2) is 5.17 Å². The van der Waals surface area contributed by atoms with Gasteiger partial charge in [-0.05, 0) is 45.6 Å². The topological polar surface area (TPSA) is 53.9 Å². The van der Waals surface area contributed by atoms with E-state index in [9.17, 15) is 5.11 Å². The van der Waals surface area contributed by atoms with Gasteiger partial charge in [-0.1, -0.05) is 47.7 Å². The zero-order valence-electron chi connectivity index (χ0n) is 17.6. The van der Waals surface area contributed by atoms with Gasteiger partial charge < -0.3 is 15.2 Å². The maximum absolute atomic E-state index is 10.3. The Labute approximate surface area is 194 Å². The summed E-state index contributed by atoms with van der Waals surface area (Å²) >= 11 is 1.61. The molecule has 2 aromatic rings. The Kier molecular flexibility index (Phi) is 6.16. The molecule has 2 aromatic carbocycles. The first-order chi connectivity index (χ1) is 13.2. The third kappa shape index (κ3) is 4.24. The predicted octanol–water partition coefficient (Wildman–Crippen LogP) is 5.73. The summed E-state index contributed by atoms with van der Waals surface area (Å²) in [6, 6.07) is 12.5. The van der Waals surface area contributed by atoms with E-state index in [4.69, 9.17) is 9.73 Å². The van der Waals surface area contributed by atoms with Gasteiger partial charge in [0.05, 0.1) is 0 Å². The van der Waals surface area contributed by atoms with E-state index in [-0.39, 0.29) is 41.2 Å². The van der Waals surface area contributed by atoms with E-state index in [0.717, 1.165) is 34.9 Å². The van der Waals surface area contributed by atoms with Gasteiger partial charge in [0.2, 0.25) is 5.72 Å². The SMILES string of the molecule is CSC1=NC2(CC(c3ccc(C)cc3)c3ccc(O)c(C)c3O2)CC(C)(C)N1.I. The molecule has 2 aliphatic rings. The van der Waals surface area contributed by atoms with Crippen LogP contribution in [0.15, 0.2) is 41.4 Å². The van der Waals surface area contributed by atoms with E-state index >= 15 is 0 Å². The second-order valence-corrected chi connectivity index (χ2v) is 9.45. The van der Waals surface area contributed by atoms with E-state index in [1.807, 2.05) is 19.2 Å². The molecular formula is C23H29IN2O2S. The van der Waals surface area contributed by atoms with Crippen molar-refractivity contribution in [1.29, 1.82) is 0 Å². The minimum atomic E-state index is -0.645. The molecule has 0 radical (unpaired) electrons.